The zero-order valence-electron chi connectivity index (χ0n) is 11.5. The molecule has 0 aromatic rings. The van der Waals surface area contributed by atoms with Gasteiger partial charge in [0.1, 0.15) is 0 Å². The van der Waals surface area contributed by atoms with Gasteiger partial charge in [0.2, 0.25) is 0 Å². The lowest BCUT2D eigenvalue weighted by Crippen LogP contribution is -2.48. The topological polar surface area (TPSA) is 60.7 Å². The van der Waals surface area contributed by atoms with Crippen molar-refractivity contribution in [1.82, 2.24) is 0 Å². The molecule has 0 aromatic heterocycles. The lowest BCUT2D eigenvalue weighted by Gasteiger charge is -2.46. The molecule has 3 N–H and O–H groups in total. The predicted molar refractivity (Wildman–Crippen MR) is 71.1 cm³/mol. The fourth-order valence-electron chi connectivity index (χ4n) is 4.16. The average molecular weight is 254 g/mol. The first-order chi connectivity index (χ1) is 8.45. The summed E-state index contributed by atoms with van der Waals surface area (Å²) >= 11 is 0. The van der Waals surface area contributed by atoms with Crippen LogP contribution in [0.4, 0.5) is 0 Å². The number of hydrogen-bond acceptors (Lipinski definition) is 3. The van der Waals surface area contributed by atoms with Gasteiger partial charge in [-0.3, -0.25) is 0 Å². The maximum Gasteiger partial charge on any atom is 0.0703 e. The van der Waals surface area contributed by atoms with Crippen LogP contribution in [0.25, 0.3) is 0 Å². The molecule has 0 saturated heterocycles. The van der Waals surface area contributed by atoms with Crippen LogP contribution in [-0.4, -0.2) is 34.1 Å². The monoisotopic (exact) mass is 254 g/mol. The van der Waals surface area contributed by atoms with Crippen LogP contribution in [0.2, 0.25) is 0 Å². The van der Waals surface area contributed by atoms with Gasteiger partial charge >= 0.3 is 0 Å². The minimum Gasteiger partial charge on any atom is -0.392 e. The Balaban J connectivity index is 2.02. The van der Waals surface area contributed by atoms with E-state index < -0.39 is 5.60 Å². The predicted octanol–water partition coefficient (Wildman–Crippen LogP) is 1.86. The summed E-state index contributed by atoms with van der Waals surface area (Å²) in [6.45, 7) is 4.06. The molecule has 2 fully saturated rings. The standard InChI is InChI=1S/C15H26O3/c1-14(7-3-4-11(9-16)10-17)12-5-6-13(8-12)15(14,2)18/h4,12-13,16-18H,3,5-10H2,1-2H3. The molecule has 2 saturated carbocycles. The van der Waals surface area contributed by atoms with Gasteiger partial charge in [-0.05, 0) is 61.9 Å². The Kier molecular flexibility index (Phi) is 3.86. The van der Waals surface area contributed by atoms with E-state index in [9.17, 15) is 5.11 Å². The minimum atomic E-state index is -0.553. The number of fused-ring (bicyclic) bond motifs is 2. The summed E-state index contributed by atoms with van der Waals surface area (Å²) < 4.78 is 0. The number of rotatable bonds is 5. The van der Waals surface area contributed by atoms with Crippen molar-refractivity contribution < 1.29 is 15.3 Å². The second-order valence-electron chi connectivity index (χ2n) is 6.49. The molecule has 4 atom stereocenters. The van der Waals surface area contributed by atoms with Crippen LogP contribution in [0.15, 0.2) is 11.6 Å². The molecule has 104 valence electrons. The van der Waals surface area contributed by atoms with E-state index in [0.29, 0.717) is 17.4 Å². The van der Waals surface area contributed by atoms with Crippen LogP contribution < -0.4 is 0 Å². The second kappa shape index (κ2) is 4.95. The lowest BCUT2D eigenvalue weighted by molar-refractivity contribution is -0.104. The highest BCUT2D eigenvalue weighted by molar-refractivity contribution is 5.12. The zero-order chi connectivity index (χ0) is 13.4. The fraction of sp³-hybridized carbons (Fsp3) is 0.867. The van der Waals surface area contributed by atoms with E-state index in [-0.39, 0.29) is 18.6 Å². The molecule has 0 amide bonds. The first kappa shape index (κ1) is 14.0. The highest BCUT2D eigenvalue weighted by atomic mass is 16.3. The van der Waals surface area contributed by atoms with E-state index in [1.165, 1.54) is 19.3 Å². The molecule has 3 heteroatoms. The molecule has 18 heavy (non-hydrogen) atoms. The largest absolute Gasteiger partial charge is 0.392 e. The molecular formula is C15H26O3. The van der Waals surface area contributed by atoms with Crippen molar-refractivity contribution in [2.45, 2.75) is 51.6 Å². The van der Waals surface area contributed by atoms with Gasteiger partial charge in [0.15, 0.2) is 0 Å². The Labute approximate surface area is 110 Å². The minimum absolute atomic E-state index is 0.0115. The van der Waals surface area contributed by atoms with Crippen LogP contribution in [-0.2, 0) is 0 Å². The normalized spacial score (nSPS) is 42.3. The molecule has 2 bridgehead atoms. The van der Waals surface area contributed by atoms with Gasteiger partial charge < -0.3 is 15.3 Å². The molecule has 2 aliphatic carbocycles. The van der Waals surface area contributed by atoms with Crippen molar-refractivity contribution in [2.24, 2.45) is 17.3 Å². The van der Waals surface area contributed by atoms with Crippen molar-refractivity contribution in [3.8, 4) is 0 Å². The number of aliphatic hydroxyl groups excluding tert-OH is 2. The van der Waals surface area contributed by atoms with E-state index >= 15 is 0 Å². The zero-order valence-corrected chi connectivity index (χ0v) is 11.5. The molecule has 0 aliphatic heterocycles. The van der Waals surface area contributed by atoms with Crippen molar-refractivity contribution in [1.29, 1.82) is 0 Å². The second-order valence-corrected chi connectivity index (χ2v) is 6.49. The maximum atomic E-state index is 10.8. The number of allylic oxidation sites excluding steroid dienone is 1. The van der Waals surface area contributed by atoms with Crippen LogP contribution in [0.1, 0.15) is 46.0 Å². The Morgan fingerprint density at radius 3 is 2.28 bits per heavy atom. The SMILES string of the molecule is CC1(O)C2CCC(C2)C1(C)CCC=C(CO)CO. The molecule has 2 rings (SSSR count). The van der Waals surface area contributed by atoms with Gasteiger partial charge in [-0.1, -0.05) is 13.0 Å². The van der Waals surface area contributed by atoms with Crippen LogP contribution >= 0.6 is 0 Å². The molecule has 3 nitrogen and oxygen atoms in total. The molecular weight excluding hydrogens is 228 g/mol. The quantitative estimate of drug-likeness (QED) is 0.656. The lowest BCUT2D eigenvalue weighted by atomic mass is 9.63. The van der Waals surface area contributed by atoms with E-state index in [2.05, 4.69) is 6.92 Å². The highest BCUT2D eigenvalue weighted by Gasteiger charge is 2.61. The molecule has 0 heterocycles. The van der Waals surface area contributed by atoms with Crippen molar-refractivity contribution in [3.63, 3.8) is 0 Å². The Morgan fingerprint density at radius 2 is 1.78 bits per heavy atom. The maximum absolute atomic E-state index is 10.8. The summed E-state index contributed by atoms with van der Waals surface area (Å²) in [6.07, 6.45) is 7.26. The van der Waals surface area contributed by atoms with Crippen LogP contribution in [0.3, 0.4) is 0 Å². The van der Waals surface area contributed by atoms with Gasteiger partial charge in [0.05, 0.1) is 18.8 Å². The van der Waals surface area contributed by atoms with Crippen LogP contribution in [0.5, 0.6) is 0 Å². The van der Waals surface area contributed by atoms with Gasteiger partial charge in [-0.25, -0.2) is 0 Å². The van der Waals surface area contributed by atoms with Crippen molar-refractivity contribution >= 4 is 0 Å². The first-order valence-corrected chi connectivity index (χ1v) is 7.07. The van der Waals surface area contributed by atoms with Gasteiger partial charge in [0.25, 0.3) is 0 Å². The molecule has 0 spiro atoms. The van der Waals surface area contributed by atoms with Gasteiger partial charge in [-0.15, -0.1) is 0 Å². The third-order valence-electron chi connectivity index (χ3n) is 5.79. The van der Waals surface area contributed by atoms with E-state index in [1.807, 2.05) is 13.0 Å². The number of hydrogen-bond donors (Lipinski definition) is 3. The molecule has 0 aromatic carbocycles. The summed E-state index contributed by atoms with van der Waals surface area (Å²) in [4.78, 5) is 0. The fourth-order valence-corrected chi connectivity index (χ4v) is 4.16. The third kappa shape index (κ3) is 2.02. The third-order valence-corrected chi connectivity index (χ3v) is 5.79. The van der Waals surface area contributed by atoms with E-state index in [1.54, 1.807) is 0 Å². The smallest absolute Gasteiger partial charge is 0.0703 e. The van der Waals surface area contributed by atoms with E-state index in [4.69, 9.17) is 10.2 Å². The Hall–Kier alpha value is -0.380. The summed E-state index contributed by atoms with van der Waals surface area (Å²) in [5.74, 6) is 1.10. The summed E-state index contributed by atoms with van der Waals surface area (Å²) in [6, 6.07) is 0. The average Bonchev–Trinajstić information content (AvgIpc) is 2.89. The summed E-state index contributed by atoms with van der Waals surface area (Å²) in [7, 11) is 0. The van der Waals surface area contributed by atoms with E-state index in [0.717, 1.165) is 12.8 Å². The first-order valence-electron chi connectivity index (χ1n) is 7.07. The molecule has 0 radical (unpaired) electrons. The van der Waals surface area contributed by atoms with Gasteiger partial charge in [-0.2, -0.15) is 0 Å². The van der Waals surface area contributed by atoms with Crippen molar-refractivity contribution in [3.05, 3.63) is 11.6 Å². The van der Waals surface area contributed by atoms with Crippen LogP contribution in [0, 0.1) is 17.3 Å². The summed E-state index contributed by atoms with van der Waals surface area (Å²) in [5, 5.41) is 28.8. The summed E-state index contributed by atoms with van der Waals surface area (Å²) in [5.41, 5.74) is 0.117. The number of aliphatic hydroxyl groups is 3. The molecule has 4 unspecified atom stereocenters. The highest BCUT2D eigenvalue weighted by Crippen LogP contribution is 2.63. The Bertz CT molecular complexity index is 329. The molecule has 2 aliphatic rings. The van der Waals surface area contributed by atoms with Gasteiger partial charge in [0, 0.05) is 0 Å². The van der Waals surface area contributed by atoms with Crippen molar-refractivity contribution in [2.75, 3.05) is 13.2 Å². The Morgan fingerprint density at radius 1 is 1.17 bits per heavy atom.